The number of anilines is 1. The van der Waals surface area contributed by atoms with Gasteiger partial charge in [-0.15, -0.1) is 0 Å². The largest absolute Gasteiger partial charge is 0.345 e. The van der Waals surface area contributed by atoms with Crippen LogP contribution in [0.25, 0.3) is 0 Å². The van der Waals surface area contributed by atoms with E-state index in [0.29, 0.717) is 30.3 Å². The van der Waals surface area contributed by atoms with Crippen molar-refractivity contribution in [3.8, 4) is 6.07 Å². The molecular weight excluding hydrogens is 326 g/mol. The van der Waals surface area contributed by atoms with Crippen molar-refractivity contribution in [2.24, 2.45) is 11.3 Å². The van der Waals surface area contributed by atoms with E-state index < -0.39 is 0 Å². The molecule has 0 amide bonds. The lowest BCUT2D eigenvalue weighted by Crippen LogP contribution is -2.48. The average molecular weight is 358 g/mol. The number of aryl methyl sites for hydroxylation is 2. The Morgan fingerprint density at radius 3 is 2.52 bits per heavy atom. The van der Waals surface area contributed by atoms with E-state index in [4.69, 9.17) is 17.5 Å². The van der Waals surface area contributed by atoms with Gasteiger partial charge in [0, 0.05) is 18.3 Å². The van der Waals surface area contributed by atoms with Crippen LogP contribution in [0, 0.1) is 36.5 Å². The van der Waals surface area contributed by atoms with E-state index in [0.717, 1.165) is 23.6 Å². The fourth-order valence-electron chi connectivity index (χ4n) is 4.34. The fraction of sp³-hybridized carbons (Fsp3) is 0.619. The van der Waals surface area contributed by atoms with E-state index in [2.05, 4.69) is 69.1 Å². The third-order valence-corrected chi connectivity index (χ3v) is 5.58. The van der Waals surface area contributed by atoms with Gasteiger partial charge in [0.15, 0.2) is 5.11 Å². The maximum Gasteiger partial charge on any atom is 0.173 e. The van der Waals surface area contributed by atoms with Crippen molar-refractivity contribution in [1.82, 2.24) is 4.90 Å². The molecule has 0 bridgehead atoms. The van der Waals surface area contributed by atoms with Gasteiger partial charge in [-0.3, -0.25) is 0 Å². The van der Waals surface area contributed by atoms with Gasteiger partial charge in [-0.2, -0.15) is 5.26 Å². The van der Waals surface area contributed by atoms with E-state index in [-0.39, 0.29) is 0 Å². The minimum Gasteiger partial charge on any atom is -0.345 e. The molecule has 0 unspecified atom stereocenters. The van der Waals surface area contributed by atoms with Gasteiger partial charge in [0.05, 0.1) is 12.5 Å². The highest BCUT2D eigenvalue weighted by Gasteiger charge is 2.35. The second kappa shape index (κ2) is 8.19. The molecule has 4 heteroatoms. The fourth-order valence-corrected chi connectivity index (χ4v) is 4.69. The normalized spacial score (nSPS) is 22.1. The lowest BCUT2D eigenvalue weighted by molar-refractivity contribution is 0.108. The molecule has 25 heavy (non-hydrogen) atoms. The summed E-state index contributed by atoms with van der Waals surface area (Å²) in [5.74, 6) is 0.682. The SMILES string of the molecule is Cc1cccc(C)c1NC(=S)N(CCC#N)[C@@H]1C[C@H](C)CC(C)(C)C1. The van der Waals surface area contributed by atoms with Crippen molar-refractivity contribution in [1.29, 1.82) is 5.26 Å². The van der Waals surface area contributed by atoms with Crippen molar-refractivity contribution in [3.63, 3.8) is 0 Å². The van der Waals surface area contributed by atoms with Crippen LogP contribution in [0.5, 0.6) is 0 Å². The Balaban J connectivity index is 2.21. The topological polar surface area (TPSA) is 39.1 Å². The number of thiocarbonyl (C=S) groups is 1. The van der Waals surface area contributed by atoms with Gasteiger partial charge in [-0.25, -0.2) is 0 Å². The molecule has 2 atom stereocenters. The molecule has 2 rings (SSSR count). The molecule has 136 valence electrons. The van der Waals surface area contributed by atoms with Gasteiger partial charge >= 0.3 is 0 Å². The Hall–Kier alpha value is -1.60. The van der Waals surface area contributed by atoms with E-state index in [1.807, 2.05) is 0 Å². The number of nitriles is 1. The minimum atomic E-state index is 0.321. The molecule has 1 aliphatic carbocycles. The predicted octanol–water partition coefficient (Wildman–Crippen LogP) is 5.43. The molecule has 1 saturated carbocycles. The Morgan fingerprint density at radius 1 is 1.32 bits per heavy atom. The molecule has 3 nitrogen and oxygen atoms in total. The second-order valence-electron chi connectivity index (χ2n) is 8.37. The van der Waals surface area contributed by atoms with Crippen LogP contribution in [0.2, 0.25) is 0 Å². The number of benzene rings is 1. The molecule has 1 aromatic carbocycles. The molecule has 1 aliphatic rings. The van der Waals surface area contributed by atoms with Gasteiger partial charge < -0.3 is 10.2 Å². The van der Waals surface area contributed by atoms with Crippen molar-refractivity contribution in [3.05, 3.63) is 29.3 Å². The van der Waals surface area contributed by atoms with Crippen molar-refractivity contribution >= 4 is 23.0 Å². The number of hydrogen-bond donors (Lipinski definition) is 1. The number of rotatable bonds is 4. The van der Waals surface area contributed by atoms with Crippen LogP contribution in [0.1, 0.15) is 57.6 Å². The maximum atomic E-state index is 9.09. The van der Waals surface area contributed by atoms with E-state index in [9.17, 15) is 0 Å². The molecule has 0 saturated heterocycles. The Morgan fingerprint density at radius 2 is 1.96 bits per heavy atom. The van der Waals surface area contributed by atoms with Gasteiger partial charge in [0.1, 0.15) is 0 Å². The number of para-hydroxylation sites is 1. The summed E-state index contributed by atoms with van der Waals surface area (Å²) in [7, 11) is 0. The summed E-state index contributed by atoms with van der Waals surface area (Å²) in [6.07, 6.45) is 4.02. The number of nitrogens with one attached hydrogen (secondary N) is 1. The summed E-state index contributed by atoms with van der Waals surface area (Å²) in [6, 6.07) is 8.95. The molecule has 0 heterocycles. The standard InChI is InChI=1S/C21H31N3S/c1-15-12-18(14-21(4,5)13-15)24(11-7-10-22)20(25)23-19-16(2)8-6-9-17(19)3/h6,8-9,15,18H,7,11-14H2,1-5H3,(H,23,25)/t15-,18+/m0/s1. The number of nitrogens with zero attached hydrogens (tertiary/aromatic N) is 2. The Bertz CT molecular complexity index is 639. The average Bonchev–Trinajstić information content (AvgIpc) is 2.49. The summed E-state index contributed by atoms with van der Waals surface area (Å²) in [5.41, 5.74) is 3.80. The van der Waals surface area contributed by atoms with Crippen LogP contribution in [-0.4, -0.2) is 22.6 Å². The summed E-state index contributed by atoms with van der Waals surface area (Å²) in [6.45, 7) is 11.9. The van der Waals surface area contributed by atoms with Crippen molar-refractivity contribution in [2.45, 2.75) is 66.3 Å². The highest BCUT2D eigenvalue weighted by atomic mass is 32.1. The molecule has 0 aromatic heterocycles. The van der Waals surface area contributed by atoms with Crippen LogP contribution in [-0.2, 0) is 0 Å². The highest BCUT2D eigenvalue weighted by Crippen LogP contribution is 2.40. The van der Waals surface area contributed by atoms with Gasteiger partial charge in [0.25, 0.3) is 0 Å². The zero-order chi connectivity index (χ0) is 18.6. The van der Waals surface area contributed by atoms with Crippen molar-refractivity contribution in [2.75, 3.05) is 11.9 Å². The first-order valence-corrected chi connectivity index (χ1v) is 9.65. The third kappa shape index (κ3) is 5.19. The van der Waals surface area contributed by atoms with Gasteiger partial charge in [-0.05, 0) is 67.8 Å². The molecule has 0 spiro atoms. The molecule has 0 radical (unpaired) electrons. The minimum absolute atomic E-state index is 0.321. The molecular formula is C21H31N3S. The van der Waals surface area contributed by atoms with E-state index in [1.54, 1.807) is 0 Å². The Kier molecular flexibility index (Phi) is 6.46. The first-order chi connectivity index (χ1) is 11.7. The first kappa shape index (κ1) is 19.7. The monoisotopic (exact) mass is 357 g/mol. The van der Waals surface area contributed by atoms with Crippen LogP contribution in [0.3, 0.4) is 0 Å². The quantitative estimate of drug-likeness (QED) is 0.729. The predicted molar refractivity (Wildman–Crippen MR) is 110 cm³/mol. The summed E-state index contributed by atoms with van der Waals surface area (Å²) < 4.78 is 0. The number of hydrogen-bond acceptors (Lipinski definition) is 2. The summed E-state index contributed by atoms with van der Waals surface area (Å²) in [5, 5.41) is 13.3. The lowest BCUT2D eigenvalue weighted by atomic mass is 9.70. The van der Waals surface area contributed by atoms with E-state index in [1.165, 1.54) is 17.5 Å². The summed E-state index contributed by atoms with van der Waals surface area (Å²) >= 11 is 5.79. The van der Waals surface area contributed by atoms with Crippen LogP contribution in [0.4, 0.5) is 5.69 Å². The first-order valence-electron chi connectivity index (χ1n) is 9.24. The molecule has 1 fully saturated rings. The maximum absolute atomic E-state index is 9.09. The Labute approximate surface area is 158 Å². The zero-order valence-electron chi connectivity index (χ0n) is 16.2. The molecule has 1 aromatic rings. The van der Waals surface area contributed by atoms with Crippen molar-refractivity contribution < 1.29 is 0 Å². The summed E-state index contributed by atoms with van der Waals surface area (Å²) in [4.78, 5) is 2.27. The van der Waals surface area contributed by atoms with Gasteiger partial charge in [-0.1, -0.05) is 39.0 Å². The third-order valence-electron chi connectivity index (χ3n) is 5.24. The second-order valence-corrected chi connectivity index (χ2v) is 8.75. The molecule has 0 aliphatic heterocycles. The smallest absolute Gasteiger partial charge is 0.173 e. The lowest BCUT2D eigenvalue weighted by Gasteiger charge is -2.44. The molecule has 1 N–H and O–H groups in total. The van der Waals surface area contributed by atoms with E-state index >= 15 is 0 Å². The zero-order valence-corrected chi connectivity index (χ0v) is 17.0. The van der Waals surface area contributed by atoms with Gasteiger partial charge in [0.2, 0.25) is 0 Å². The van der Waals surface area contributed by atoms with Crippen LogP contribution < -0.4 is 5.32 Å². The highest BCUT2D eigenvalue weighted by molar-refractivity contribution is 7.80. The van der Waals surface area contributed by atoms with Crippen LogP contribution in [0.15, 0.2) is 18.2 Å². The van der Waals surface area contributed by atoms with Crippen LogP contribution >= 0.6 is 12.2 Å².